The van der Waals surface area contributed by atoms with Crippen LogP contribution in [0.2, 0.25) is 0 Å². The van der Waals surface area contributed by atoms with Crippen LogP contribution in [0.25, 0.3) is 0 Å². The van der Waals surface area contributed by atoms with Crippen molar-refractivity contribution in [2.75, 3.05) is 5.75 Å². The minimum absolute atomic E-state index is 0.0859. The van der Waals surface area contributed by atoms with Gasteiger partial charge in [-0.1, -0.05) is 25.0 Å². The molecule has 136 valence electrons. The summed E-state index contributed by atoms with van der Waals surface area (Å²) in [4.78, 5) is 35.7. The van der Waals surface area contributed by atoms with Gasteiger partial charge in [-0.2, -0.15) is 0 Å². The van der Waals surface area contributed by atoms with Gasteiger partial charge in [0.15, 0.2) is 6.10 Å². The average molecular weight is 368 g/mol. The molecule has 0 bridgehead atoms. The molecule has 8 heteroatoms. The van der Waals surface area contributed by atoms with Gasteiger partial charge in [0.1, 0.15) is 5.82 Å². The van der Waals surface area contributed by atoms with Gasteiger partial charge in [0.2, 0.25) is 0 Å². The molecule has 0 radical (unpaired) electrons. The lowest BCUT2D eigenvalue weighted by Gasteiger charge is -2.15. The van der Waals surface area contributed by atoms with Crippen molar-refractivity contribution in [2.24, 2.45) is 0 Å². The third kappa shape index (κ3) is 6.38. The SMILES string of the molecule is C[C@@H](OC(=O)CSc1ccccc1F)C(=O)NC(=O)NC1CCCC1. The van der Waals surface area contributed by atoms with Crippen LogP contribution in [0.15, 0.2) is 29.2 Å². The quantitative estimate of drug-likeness (QED) is 0.596. The van der Waals surface area contributed by atoms with Crippen LogP contribution >= 0.6 is 11.8 Å². The van der Waals surface area contributed by atoms with Crippen molar-refractivity contribution in [1.82, 2.24) is 10.6 Å². The number of hydrogen-bond donors (Lipinski definition) is 2. The number of halogens is 1. The lowest BCUT2D eigenvalue weighted by Crippen LogP contribution is -2.47. The Morgan fingerprint density at radius 3 is 2.64 bits per heavy atom. The number of amides is 3. The van der Waals surface area contributed by atoms with E-state index in [1.54, 1.807) is 18.2 Å². The van der Waals surface area contributed by atoms with E-state index in [0.717, 1.165) is 37.4 Å². The lowest BCUT2D eigenvalue weighted by molar-refractivity contribution is -0.151. The van der Waals surface area contributed by atoms with Crippen molar-refractivity contribution in [1.29, 1.82) is 0 Å². The Balaban J connectivity index is 1.71. The summed E-state index contributed by atoms with van der Waals surface area (Å²) in [6.07, 6.45) is 2.82. The molecule has 2 N–H and O–H groups in total. The van der Waals surface area contributed by atoms with Crippen LogP contribution in [0.3, 0.4) is 0 Å². The number of rotatable bonds is 6. The van der Waals surface area contributed by atoms with Crippen LogP contribution < -0.4 is 10.6 Å². The number of imide groups is 1. The summed E-state index contributed by atoms with van der Waals surface area (Å²) in [5.41, 5.74) is 0. The van der Waals surface area contributed by atoms with Crippen molar-refractivity contribution < 1.29 is 23.5 Å². The summed E-state index contributed by atoms with van der Waals surface area (Å²) in [7, 11) is 0. The smallest absolute Gasteiger partial charge is 0.321 e. The summed E-state index contributed by atoms with van der Waals surface area (Å²) in [5, 5.41) is 4.88. The Kier molecular flexibility index (Phi) is 7.24. The minimum atomic E-state index is -1.11. The normalized spacial score (nSPS) is 15.4. The predicted octanol–water partition coefficient (Wildman–Crippen LogP) is 2.62. The van der Waals surface area contributed by atoms with Crippen molar-refractivity contribution >= 4 is 29.7 Å². The van der Waals surface area contributed by atoms with Crippen LogP contribution in [-0.2, 0) is 14.3 Å². The third-order valence-corrected chi connectivity index (χ3v) is 4.81. The first-order chi connectivity index (χ1) is 12.0. The fourth-order valence-corrected chi connectivity index (χ4v) is 3.21. The minimum Gasteiger partial charge on any atom is -0.452 e. The lowest BCUT2D eigenvalue weighted by atomic mass is 10.2. The number of benzene rings is 1. The molecule has 1 aromatic carbocycles. The number of urea groups is 1. The number of nitrogens with one attached hydrogen (secondary N) is 2. The fourth-order valence-electron chi connectivity index (χ4n) is 2.49. The van der Waals surface area contributed by atoms with E-state index in [-0.39, 0.29) is 11.8 Å². The summed E-state index contributed by atoms with van der Waals surface area (Å²) in [5.74, 6) is -1.91. The van der Waals surface area contributed by atoms with Crippen LogP contribution in [-0.4, -0.2) is 35.8 Å². The molecule has 1 aliphatic carbocycles. The number of hydrogen-bond acceptors (Lipinski definition) is 5. The number of thioether (sulfide) groups is 1. The standard InChI is InChI=1S/C17H21FN2O4S/c1-11(16(22)20-17(23)19-12-6-2-3-7-12)24-15(21)10-25-14-9-5-4-8-13(14)18/h4-5,8-9,11-12H,2-3,6-7,10H2,1H3,(H2,19,20,22,23)/t11-/m1/s1. The molecule has 0 heterocycles. The molecule has 0 saturated heterocycles. The van der Waals surface area contributed by atoms with E-state index >= 15 is 0 Å². The van der Waals surface area contributed by atoms with Gasteiger partial charge in [-0.05, 0) is 31.9 Å². The van der Waals surface area contributed by atoms with Crippen LogP contribution in [0.4, 0.5) is 9.18 Å². The highest BCUT2D eigenvalue weighted by Gasteiger charge is 2.22. The fraction of sp³-hybridized carbons (Fsp3) is 0.471. The second-order valence-electron chi connectivity index (χ2n) is 5.80. The topological polar surface area (TPSA) is 84.5 Å². The second kappa shape index (κ2) is 9.41. The Hall–Kier alpha value is -2.09. The predicted molar refractivity (Wildman–Crippen MR) is 91.6 cm³/mol. The van der Waals surface area contributed by atoms with Crippen LogP contribution in [0.5, 0.6) is 0 Å². The summed E-state index contributed by atoms with van der Waals surface area (Å²) < 4.78 is 18.4. The van der Waals surface area contributed by atoms with E-state index in [4.69, 9.17) is 4.74 Å². The molecule has 0 aromatic heterocycles. The molecule has 0 unspecified atom stereocenters. The van der Waals surface area contributed by atoms with Gasteiger partial charge in [-0.3, -0.25) is 14.9 Å². The molecule has 2 rings (SSSR count). The van der Waals surface area contributed by atoms with E-state index in [0.29, 0.717) is 4.90 Å². The summed E-state index contributed by atoms with van der Waals surface area (Å²) in [6.45, 7) is 1.38. The van der Waals surface area contributed by atoms with Gasteiger partial charge < -0.3 is 10.1 Å². The highest BCUT2D eigenvalue weighted by atomic mass is 32.2. The molecule has 0 spiro atoms. The maximum absolute atomic E-state index is 13.5. The van der Waals surface area contributed by atoms with Gasteiger partial charge in [-0.15, -0.1) is 11.8 Å². The van der Waals surface area contributed by atoms with E-state index in [1.165, 1.54) is 13.0 Å². The highest BCUT2D eigenvalue weighted by molar-refractivity contribution is 8.00. The summed E-state index contributed by atoms with van der Waals surface area (Å²) >= 11 is 0.984. The van der Waals surface area contributed by atoms with Gasteiger partial charge >= 0.3 is 12.0 Å². The molecular formula is C17H21FN2O4S. The van der Waals surface area contributed by atoms with Crippen molar-refractivity contribution in [3.05, 3.63) is 30.1 Å². The molecule has 1 aromatic rings. The third-order valence-electron chi connectivity index (χ3n) is 3.79. The number of ether oxygens (including phenoxy) is 1. The second-order valence-corrected chi connectivity index (χ2v) is 6.81. The zero-order valence-corrected chi connectivity index (χ0v) is 14.7. The number of carbonyl (C=O) groups excluding carboxylic acids is 3. The van der Waals surface area contributed by atoms with Crippen LogP contribution in [0.1, 0.15) is 32.6 Å². The van der Waals surface area contributed by atoms with Gasteiger partial charge in [0.05, 0.1) is 5.75 Å². The van der Waals surface area contributed by atoms with Crippen molar-refractivity contribution in [3.8, 4) is 0 Å². The monoisotopic (exact) mass is 368 g/mol. The molecule has 0 aliphatic heterocycles. The molecule has 1 fully saturated rings. The number of esters is 1. The van der Waals surface area contributed by atoms with Crippen molar-refractivity contribution in [2.45, 2.75) is 49.6 Å². The Bertz CT molecular complexity index is 635. The Morgan fingerprint density at radius 1 is 1.28 bits per heavy atom. The first kappa shape index (κ1) is 19.2. The molecule has 25 heavy (non-hydrogen) atoms. The van der Waals surface area contributed by atoms with Gasteiger partial charge in [0.25, 0.3) is 5.91 Å². The van der Waals surface area contributed by atoms with Crippen LogP contribution in [0, 0.1) is 5.82 Å². The highest BCUT2D eigenvalue weighted by Crippen LogP contribution is 2.21. The Morgan fingerprint density at radius 2 is 1.96 bits per heavy atom. The molecule has 1 aliphatic rings. The Labute approximate surface area is 149 Å². The molecule has 6 nitrogen and oxygen atoms in total. The maximum atomic E-state index is 13.5. The number of carbonyl (C=O) groups is 3. The zero-order valence-electron chi connectivity index (χ0n) is 13.9. The maximum Gasteiger partial charge on any atom is 0.321 e. The van der Waals surface area contributed by atoms with E-state index < -0.39 is 29.8 Å². The van der Waals surface area contributed by atoms with Gasteiger partial charge in [0, 0.05) is 10.9 Å². The first-order valence-electron chi connectivity index (χ1n) is 8.14. The van der Waals surface area contributed by atoms with E-state index in [2.05, 4.69) is 10.6 Å². The summed E-state index contributed by atoms with van der Waals surface area (Å²) in [6, 6.07) is 5.57. The molecular weight excluding hydrogens is 347 g/mol. The van der Waals surface area contributed by atoms with Crippen molar-refractivity contribution in [3.63, 3.8) is 0 Å². The molecule has 1 saturated carbocycles. The average Bonchev–Trinajstić information content (AvgIpc) is 3.06. The molecule has 1 atom stereocenters. The largest absolute Gasteiger partial charge is 0.452 e. The zero-order chi connectivity index (χ0) is 18.2. The molecule has 3 amide bonds. The van der Waals surface area contributed by atoms with E-state index in [9.17, 15) is 18.8 Å². The first-order valence-corrected chi connectivity index (χ1v) is 9.12. The van der Waals surface area contributed by atoms with E-state index in [1.807, 2.05) is 0 Å². The van der Waals surface area contributed by atoms with Gasteiger partial charge in [-0.25, -0.2) is 9.18 Å².